The summed E-state index contributed by atoms with van der Waals surface area (Å²) in [5.41, 5.74) is 3.50. The molecule has 2 amide bonds. The van der Waals surface area contributed by atoms with Crippen molar-refractivity contribution in [3.05, 3.63) is 88.7 Å². The summed E-state index contributed by atoms with van der Waals surface area (Å²) in [4.78, 5) is 30.0. The Kier molecular flexibility index (Phi) is 7.34. The number of para-hydroxylation sites is 1. The third-order valence-corrected chi connectivity index (χ3v) is 7.87. The van der Waals surface area contributed by atoms with Crippen LogP contribution < -0.4 is 15.5 Å². The number of hydrogen-bond acceptors (Lipinski definition) is 5. The van der Waals surface area contributed by atoms with Crippen molar-refractivity contribution in [3.63, 3.8) is 0 Å². The molecule has 0 saturated carbocycles. The highest BCUT2D eigenvalue weighted by molar-refractivity contribution is 7.98. The third kappa shape index (κ3) is 5.29. The molecular weight excluding hydrogens is 499 g/mol. The number of rotatable bonds is 6. The zero-order valence-corrected chi connectivity index (χ0v) is 21.1. The van der Waals surface area contributed by atoms with Crippen LogP contribution in [0.2, 0.25) is 5.02 Å². The van der Waals surface area contributed by atoms with Crippen molar-refractivity contribution in [2.24, 2.45) is 0 Å². The van der Waals surface area contributed by atoms with Crippen LogP contribution >= 0.6 is 23.4 Å². The molecule has 186 valence electrons. The molecule has 36 heavy (non-hydrogen) atoms. The lowest BCUT2D eigenvalue weighted by Crippen LogP contribution is -2.48. The van der Waals surface area contributed by atoms with Crippen molar-refractivity contribution in [1.29, 1.82) is 0 Å². The Morgan fingerprint density at radius 3 is 2.53 bits per heavy atom. The Morgan fingerprint density at radius 2 is 1.78 bits per heavy atom. The largest absolute Gasteiger partial charge is 0.371 e. The molecule has 1 saturated heterocycles. The average Bonchev–Trinajstić information content (AvgIpc) is 2.90. The Labute approximate surface area is 218 Å². The molecule has 0 radical (unpaired) electrons. The van der Waals surface area contributed by atoms with E-state index in [-0.39, 0.29) is 17.6 Å². The van der Waals surface area contributed by atoms with Gasteiger partial charge in [0.25, 0.3) is 5.91 Å². The SMILES string of the molecule is O=C1Nc2cc(C(=O)N3CCN(c4ccccc4)CC3)ccc2NC1CSCc1c(F)cccc1Cl. The molecular formula is C27H26ClFN4O2S. The third-order valence-electron chi connectivity index (χ3n) is 6.45. The van der Waals surface area contributed by atoms with E-state index in [0.717, 1.165) is 24.5 Å². The van der Waals surface area contributed by atoms with Crippen LogP contribution in [0.25, 0.3) is 0 Å². The minimum Gasteiger partial charge on any atom is -0.371 e. The zero-order valence-electron chi connectivity index (χ0n) is 19.5. The van der Waals surface area contributed by atoms with Crippen LogP contribution in [0.4, 0.5) is 21.5 Å². The summed E-state index contributed by atoms with van der Waals surface area (Å²) >= 11 is 7.53. The second-order valence-electron chi connectivity index (χ2n) is 8.78. The van der Waals surface area contributed by atoms with Gasteiger partial charge in [0.1, 0.15) is 11.9 Å². The standard InChI is InChI=1S/C27H26ClFN4O2S/c28-21-7-4-8-22(29)20(21)16-36-17-25-26(34)31-24-15-18(9-10-23(24)30-25)27(35)33-13-11-32(12-14-33)19-5-2-1-3-6-19/h1-10,15,25,30H,11-14,16-17H2,(H,31,34). The van der Waals surface area contributed by atoms with E-state index in [0.29, 0.717) is 46.4 Å². The minimum atomic E-state index is -0.472. The number of hydrogen-bond donors (Lipinski definition) is 2. The van der Waals surface area contributed by atoms with Gasteiger partial charge in [0.15, 0.2) is 0 Å². The molecule has 9 heteroatoms. The second kappa shape index (κ2) is 10.8. The van der Waals surface area contributed by atoms with Crippen molar-refractivity contribution in [3.8, 4) is 0 Å². The number of amides is 2. The van der Waals surface area contributed by atoms with E-state index in [1.807, 2.05) is 29.2 Å². The van der Waals surface area contributed by atoms with Crippen molar-refractivity contribution in [1.82, 2.24) is 4.90 Å². The van der Waals surface area contributed by atoms with E-state index in [1.54, 1.807) is 24.3 Å². The van der Waals surface area contributed by atoms with Crippen LogP contribution in [0.5, 0.6) is 0 Å². The van der Waals surface area contributed by atoms with E-state index in [1.165, 1.54) is 17.8 Å². The summed E-state index contributed by atoms with van der Waals surface area (Å²) < 4.78 is 14.0. The zero-order chi connectivity index (χ0) is 25.1. The van der Waals surface area contributed by atoms with Gasteiger partial charge < -0.3 is 20.4 Å². The van der Waals surface area contributed by atoms with Crippen molar-refractivity contribution >= 4 is 52.2 Å². The van der Waals surface area contributed by atoms with Crippen LogP contribution in [0, 0.1) is 5.82 Å². The average molecular weight is 525 g/mol. The first-order valence-electron chi connectivity index (χ1n) is 11.8. The molecule has 2 N–H and O–H groups in total. The van der Waals surface area contributed by atoms with Crippen LogP contribution in [0.1, 0.15) is 15.9 Å². The number of thioether (sulfide) groups is 1. The van der Waals surface area contributed by atoms with E-state index in [4.69, 9.17) is 11.6 Å². The maximum absolute atomic E-state index is 14.0. The lowest BCUT2D eigenvalue weighted by molar-refractivity contribution is -0.116. The molecule has 3 aromatic rings. The normalized spacial score (nSPS) is 17.3. The molecule has 1 fully saturated rings. The lowest BCUT2D eigenvalue weighted by atomic mass is 10.1. The van der Waals surface area contributed by atoms with Gasteiger partial charge in [0, 0.05) is 59.5 Å². The van der Waals surface area contributed by atoms with Crippen LogP contribution in [-0.2, 0) is 10.5 Å². The van der Waals surface area contributed by atoms with Crippen LogP contribution in [0.3, 0.4) is 0 Å². The molecule has 2 heterocycles. The number of piperazine rings is 1. The highest BCUT2D eigenvalue weighted by Crippen LogP contribution is 2.31. The van der Waals surface area contributed by atoms with Crippen molar-refractivity contribution < 1.29 is 14.0 Å². The quantitative estimate of drug-likeness (QED) is 0.469. The number of fused-ring (bicyclic) bond motifs is 1. The fraction of sp³-hybridized carbons (Fsp3) is 0.259. The number of anilines is 3. The first-order valence-corrected chi connectivity index (χ1v) is 13.3. The number of carbonyl (C=O) groups excluding carboxylic acids is 2. The maximum atomic E-state index is 14.0. The summed E-state index contributed by atoms with van der Waals surface area (Å²) in [7, 11) is 0. The smallest absolute Gasteiger partial charge is 0.254 e. The summed E-state index contributed by atoms with van der Waals surface area (Å²) in [5, 5.41) is 6.54. The molecule has 0 spiro atoms. The molecule has 1 unspecified atom stereocenters. The molecule has 0 bridgehead atoms. The first kappa shape index (κ1) is 24.5. The second-order valence-corrected chi connectivity index (χ2v) is 10.2. The maximum Gasteiger partial charge on any atom is 0.254 e. The summed E-state index contributed by atoms with van der Waals surface area (Å²) in [6.07, 6.45) is 0. The molecule has 0 aromatic heterocycles. The van der Waals surface area contributed by atoms with Gasteiger partial charge in [-0.05, 0) is 42.5 Å². The Morgan fingerprint density at radius 1 is 1.00 bits per heavy atom. The van der Waals surface area contributed by atoms with Gasteiger partial charge in [-0.15, -0.1) is 0 Å². The molecule has 2 aliphatic rings. The Bertz CT molecular complexity index is 1250. The summed E-state index contributed by atoms with van der Waals surface area (Å²) in [6, 6.07) is 19.7. The predicted octanol–water partition coefficient (Wildman–Crippen LogP) is 5.11. The monoisotopic (exact) mass is 524 g/mol. The van der Waals surface area contributed by atoms with Gasteiger partial charge >= 0.3 is 0 Å². The van der Waals surface area contributed by atoms with E-state index < -0.39 is 6.04 Å². The number of nitrogens with zero attached hydrogens (tertiary/aromatic N) is 2. The Hall–Kier alpha value is -3.23. The van der Waals surface area contributed by atoms with Crippen molar-refractivity contribution in [2.75, 3.05) is 47.5 Å². The minimum absolute atomic E-state index is 0.0424. The highest BCUT2D eigenvalue weighted by Gasteiger charge is 2.28. The number of nitrogens with one attached hydrogen (secondary N) is 2. The van der Waals surface area contributed by atoms with E-state index in [9.17, 15) is 14.0 Å². The fourth-order valence-electron chi connectivity index (χ4n) is 4.44. The van der Waals surface area contributed by atoms with Gasteiger partial charge in [-0.2, -0.15) is 11.8 Å². The van der Waals surface area contributed by atoms with Gasteiger partial charge in [0.05, 0.1) is 11.4 Å². The van der Waals surface area contributed by atoms with Crippen LogP contribution in [-0.4, -0.2) is 54.7 Å². The predicted molar refractivity (Wildman–Crippen MR) is 145 cm³/mol. The number of carbonyl (C=O) groups is 2. The van der Waals surface area contributed by atoms with Gasteiger partial charge in [-0.3, -0.25) is 9.59 Å². The Balaban J connectivity index is 1.18. The molecule has 0 aliphatic carbocycles. The molecule has 1 atom stereocenters. The molecule has 3 aromatic carbocycles. The lowest BCUT2D eigenvalue weighted by Gasteiger charge is -2.36. The summed E-state index contributed by atoms with van der Waals surface area (Å²) in [6.45, 7) is 2.83. The highest BCUT2D eigenvalue weighted by atomic mass is 35.5. The number of benzene rings is 3. The topological polar surface area (TPSA) is 64.7 Å². The number of halogens is 2. The van der Waals surface area contributed by atoms with E-state index >= 15 is 0 Å². The van der Waals surface area contributed by atoms with Gasteiger partial charge in [0.2, 0.25) is 5.91 Å². The first-order chi connectivity index (χ1) is 17.5. The van der Waals surface area contributed by atoms with Gasteiger partial charge in [-0.1, -0.05) is 35.9 Å². The van der Waals surface area contributed by atoms with Gasteiger partial charge in [-0.25, -0.2) is 4.39 Å². The molecule has 6 nitrogen and oxygen atoms in total. The molecule has 2 aliphatic heterocycles. The van der Waals surface area contributed by atoms with E-state index in [2.05, 4.69) is 27.7 Å². The van der Waals surface area contributed by atoms with Crippen LogP contribution in [0.15, 0.2) is 66.7 Å². The fourth-order valence-corrected chi connectivity index (χ4v) is 5.83. The van der Waals surface area contributed by atoms with Crippen molar-refractivity contribution in [2.45, 2.75) is 11.8 Å². The molecule has 5 rings (SSSR count). The summed E-state index contributed by atoms with van der Waals surface area (Å²) in [5.74, 6) is 0.242.